The van der Waals surface area contributed by atoms with Gasteiger partial charge in [-0.2, -0.15) is 0 Å². The van der Waals surface area contributed by atoms with Crippen LogP contribution in [0.4, 0.5) is 0 Å². The third-order valence-electron chi connectivity index (χ3n) is 2.13. The largest absolute Gasteiger partial charge is 0.491 e. The fourth-order valence-electron chi connectivity index (χ4n) is 1.55. The first-order valence-corrected chi connectivity index (χ1v) is 4.74. The van der Waals surface area contributed by atoms with Crippen LogP contribution in [0.1, 0.15) is 29.8 Å². The molecule has 0 spiro atoms. The molecule has 0 aromatic heterocycles. The number of benzene rings is 1. The molecule has 3 nitrogen and oxygen atoms in total. The molecule has 2 rings (SSSR count). The van der Waals surface area contributed by atoms with Gasteiger partial charge in [-0.3, -0.25) is 4.79 Å². The van der Waals surface area contributed by atoms with Crippen molar-refractivity contribution in [2.45, 2.75) is 26.5 Å². The topological polar surface area (TPSA) is 38.3 Å². The summed E-state index contributed by atoms with van der Waals surface area (Å²) in [4.78, 5) is 11.2. The fourth-order valence-corrected chi connectivity index (χ4v) is 1.55. The van der Waals surface area contributed by atoms with Gasteiger partial charge in [-0.15, -0.1) is 0 Å². The molecule has 74 valence electrons. The van der Waals surface area contributed by atoms with Crippen LogP contribution in [-0.4, -0.2) is 12.0 Å². The summed E-state index contributed by atoms with van der Waals surface area (Å²) >= 11 is 0. The van der Waals surface area contributed by atoms with Gasteiger partial charge in [-0.1, -0.05) is 0 Å². The molecule has 1 aliphatic rings. The van der Waals surface area contributed by atoms with E-state index in [1.165, 1.54) is 0 Å². The number of nitrogens with one attached hydrogen (secondary N) is 1. The molecule has 0 fully saturated rings. The number of ether oxygens (including phenoxy) is 1. The Bertz CT molecular complexity index is 372. The number of rotatable bonds is 2. The van der Waals surface area contributed by atoms with Crippen LogP contribution in [-0.2, 0) is 6.54 Å². The Hall–Kier alpha value is -1.51. The van der Waals surface area contributed by atoms with E-state index in [1.807, 2.05) is 32.0 Å². The lowest BCUT2D eigenvalue weighted by Gasteiger charge is -2.09. The maximum Gasteiger partial charge on any atom is 0.251 e. The summed E-state index contributed by atoms with van der Waals surface area (Å²) in [5.41, 5.74) is 1.79. The molecule has 0 saturated heterocycles. The molecule has 1 heterocycles. The van der Waals surface area contributed by atoms with Gasteiger partial charge in [0.2, 0.25) is 0 Å². The van der Waals surface area contributed by atoms with E-state index in [4.69, 9.17) is 4.74 Å². The molecule has 14 heavy (non-hydrogen) atoms. The third-order valence-corrected chi connectivity index (χ3v) is 2.13. The van der Waals surface area contributed by atoms with Crippen molar-refractivity contribution in [1.82, 2.24) is 5.32 Å². The normalized spacial score (nSPS) is 14.1. The SMILES string of the molecule is CC(C)Oc1ccc2c(c1)CNC2=O. The Morgan fingerprint density at radius 1 is 1.43 bits per heavy atom. The molecule has 0 saturated carbocycles. The van der Waals surface area contributed by atoms with Crippen molar-refractivity contribution in [2.75, 3.05) is 0 Å². The van der Waals surface area contributed by atoms with Crippen molar-refractivity contribution in [3.63, 3.8) is 0 Å². The first-order chi connectivity index (χ1) is 6.66. The Balaban J connectivity index is 2.28. The van der Waals surface area contributed by atoms with E-state index < -0.39 is 0 Å². The summed E-state index contributed by atoms with van der Waals surface area (Å²) in [5, 5.41) is 2.77. The summed E-state index contributed by atoms with van der Waals surface area (Å²) in [6.45, 7) is 4.58. The van der Waals surface area contributed by atoms with Gasteiger partial charge in [0.05, 0.1) is 6.10 Å². The number of fused-ring (bicyclic) bond motifs is 1. The van der Waals surface area contributed by atoms with Crippen molar-refractivity contribution < 1.29 is 9.53 Å². The average molecular weight is 191 g/mol. The van der Waals surface area contributed by atoms with Gasteiger partial charge in [0.1, 0.15) is 5.75 Å². The molecule has 0 radical (unpaired) electrons. The standard InChI is InChI=1S/C11H13NO2/c1-7(2)14-9-3-4-10-8(5-9)6-12-11(10)13/h3-5,7H,6H2,1-2H3,(H,12,13). The first kappa shape index (κ1) is 9.06. The summed E-state index contributed by atoms with van der Waals surface area (Å²) in [6.07, 6.45) is 0.165. The van der Waals surface area contributed by atoms with E-state index in [9.17, 15) is 4.79 Å². The van der Waals surface area contributed by atoms with Gasteiger partial charge >= 0.3 is 0 Å². The second kappa shape index (κ2) is 3.33. The maximum absolute atomic E-state index is 11.2. The van der Waals surface area contributed by atoms with Crippen molar-refractivity contribution in [3.8, 4) is 5.75 Å². The third kappa shape index (κ3) is 1.58. The van der Waals surface area contributed by atoms with Crippen LogP contribution in [0, 0.1) is 0 Å². The molecule has 0 bridgehead atoms. The molecule has 0 unspecified atom stereocenters. The molecule has 1 aliphatic heterocycles. The highest BCUT2D eigenvalue weighted by atomic mass is 16.5. The van der Waals surface area contributed by atoms with Gasteiger partial charge in [-0.05, 0) is 37.6 Å². The van der Waals surface area contributed by atoms with Crippen LogP contribution < -0.4 is 10.1 Å². The minimum Gasteiger partial charge on any atom is -0.491 e. The molecule has 1 aromatic rings. The fraction of sp³-hybridized carbons (Fsp3) is 0.364. The number of hydrogen-bond donors (Lipinski definition) is 1. The molecular weight excluding hydrogens is 178 g/mol. The highest BCUT2D eigenvalue weighted by molar-refractivity contribution is 5.98. The van der Waals surface area contributed by atoms with Gasteiger partial charge in [0.15, 0.2) is 0 Å². The van der Waals surface area contributed by atoms with Crippen molar-refractivity contribution in [2.24, 2.45) is 0 Å². The molecule has 1 N–H and O–H groups in total. The average Bonchev–Trinajstić information content (AvgIpc) is 2.46. The molecule has 3 heteroatoms. The molecule has 1 amide bonds. The zero-order valence-electron chi connectivity index (χ0n) is 8.33. The van der Waals surface area contributed by atoms with Crippen LogP contribution in [0.5, 0.6) is 5.75 Å². The molecule has 1 aromatic carbocycles. The molecular formula is C11H13NO2. The lowest BCUT2D eigenvalue weighted by molar-refractivity contribution is 0.0966. The Morgan fingerprint density at radius 3 is 2.93 bits per heavy atom. The van der Waals surface area contributed by atoms with Gasteiger partial charge in [-0.25, -0.2) is 0 Å². The van der Waals surface area contributed by atoms with Gasteiger partial charge < -0.3 is 10.1 Å². The van der Waals surface area contributed by atoms with Crippen LogP contribution in [0.3, 0.4) is 0 Å². The quantitative estimate of drug-likeness (QED) is 0.773. The first-order valence-electron chi connectivity index (χ1n) is 4.74. The smallest absolute Gasteiger partial charge is 0.251 e. The van der Waals surface area contributed by atoms with Crippen molar-refractivity contribution in [1.29, 1.82) is 0 Å². The van der Waals surface area contributed by atoms with Crippen LogP contribution in [0.15, 0.2) is 18.2 Å². The number of carbonyl (C=O) groups excluding carboxylic acids is 1. The predicted molar refractivity (Wildman–Crippen MR) is 53.4 cm³/mol. The van der Waals surface area contributed by atoms with Gasteiger partial charge in [0, 0.05) is 12.1 Å². The Morgan fingerprint density at radius 2 is 2.21 bits per heavy atom. The summed E-state index contributed by atoms with van der Waals surface area (Å²) in [7, 11) is 0. The zero-order chi connectivity index (χ0) is 10.1. The van der Waals surface area contributed by atoms with Gasteiger partial charge in [0.25, 0.3) is 5.91 Å². The minimum atomic E-state index is 0.0103. The van der Waals surface area contributed by atoms with E-state index in [0.29, 0.717) is 6.54 Å². The monoisotopic (exact) mass is 191 g/mol. The van der Waals surface area contributed by atoms with Crippen LogP contribution in [0.25, 0.3) is 0 Å². The number of amides is 1. The Labute approximate surface area is 83.1 Å². The van der Waals surface area contributed by atoms with Crippen LogP contribution in [0.2, 0.25) is 0 Å². The maximum atomic E-state index is 11.2. The van der Waals surface area contributed by atoms with E-state index in [1.54, 1.807) is 0 Å². The second-order valence-electron chi connectivity index (χ2n) is 3.67. The van der Waals surface area contributed by atoms with E-state index in [2.05, 4.69) is 5.32 Å². The second-order valence-corrected chi connectivity index (χ2v) is 3.67. The van der Waals surface area contributed by atoms with Crippen molar-refractivity contribution >= 4 is 5.91 Å². The van der Waals surface area contributed by atoms with Crippen molar-refractivity contribution in [3.05, 3.63) is 29.3 Å². The lowest BCUT2D eigenvalue weighted by Crippen LogP contribution is -2.12. The zero-order valence-corrected chi connectivity index (χ0v) is 8.33. The Kier molecular flexibility index (Phi) is 2.15. The summed E-state index contributed by atoms with van der Waals surface area (Å²) in [6, 6.07) is 5.58. The van der Waals surface area contributed by atoms with E-state index in [-0.39, 0.29) is 12.0 Å². The van der Waals surface area contributed by atoms with Crippen LogP contribution >= 0.6 is 0 Å². The molecule has 0 atom stereocenters. The van der Waals surface area contributed by atoms with E-state index >= 15 is 0 Å². The molecule has 0 aliphatic carbocycles. The summed E-state index contributed by atoms with van der Waals surface area (Å²) in [5.74, 6) is 0.839. The highest BCUT2D eigenvalue weighted by Gasteiger charge is 2.18. The number of carbonyl (C=O) groups is 1. The van der Waals surface area contributed by atoms with E-state index in [0.717, 1.165) is 16.9 Å². The minimum absolute atomic E-state index is 0.0103. The lowest BCUT2D eigenvalue weighted by atomic mass is 10.1. The summed E-state index contributed by atoms with van der Waals surface area (Å²) < 4.78 is 5.54. The number of hydrogen-bond acceptors (Lipinski definition) is 2. The predicted octanol–water partition coefficient (Wildman–Crippen LogP) is 1.72. The highest BCUT2D eigenvalue weighted by Crippen LogP contribution is 2.22.